The van der Waals surface area contributed by atoms with Gasteiger partial charge >= 0.3 is 0 Å². The van der Waals surface area contributed by atoms with Gasteiger partial charge in [-0.1, -0.05) is 0 Å². The number of aliphatic imine (C=N–C) groups is 1. The average molecular weight is 300 g/mol. The number of guanidine groups is 1. The Balaban J connectivity index is 2.11. The lowest BCUT2D eigenvalue weighted by atomic mass is 10.1. The molecule has 0 unspecified atom stereocenters. The first kappa shape index (κ1) is 18.2. The van der Waals surface area contributed by atoms with E-state index in [2.05, 4.69) is 27.4 Å². The first-order valence-electron chi connectivity index (χ1n) is 8.17. The van der Waals surface area contributed by atoms with Crippen molar-refractivity contribution in [3.63, 3.8) is 0 Å². The maximum atomic E-state index is 9.48. The Labute approximate surface area is 129 Å². The molecule has 124 valence electrons. The Morgan fingerprint density at radius 2 is 2.05 bits per heavy atom. The predicted octanol–water partition coefficient (Wildman–Crippen LogP) is 0.425. The van der Waals surface area contributed by atoms with E-state index in [1.807, 2.05) is 0 Å². The van der Waals surface area contributed by atoms with Crippen LogP contribution in [-0.2, 0) is 4.74 Å². The number of ether oxygens (including phenoxy) is 1. The quantitative estimate of drug-likeness (QED) is 0.327. The number of aliphatic hydroxyl groups excluding tert-OH is 1. The van der Waals surface area contributed by atoms with E-state index in [4.69, 9.17) is 4.74 Å². The Hall–Kier alpha value is -0.850. The van der Waals surface area contributed by atoms with Gasteiger partial charge in [0.2, 0.25) is 0 Å². The largest absolute Gasteiger partial charge is 0.393 e. The van der Waals surface area contributed by atoms with Crippen molar-refractivity contribution in [2.45, 2.75) is 38.7 Å². The summed E-state index contributed by atoms with van der Waals surface area (Å²) in [5.41, 5.74) is 0. The number of rotatable bonds is 9. The normalized spacial score (nSPS) is 18.0. The molecule has 0 radical (unpaired) electrons. The van der Waals surface area contributed by atoms with Crippen LogP contribution in [0.1, 0.15) is 32.6 Å². The van der Waals surface area contributed by atoms with E-state index in [1.54, 1.807) is 7.11 Å². The van der Waals surface area contributed by atoms with Crippen molar-refractivity contribution in [2.24, 2.45) is 4.99 Å². The Morgan fingerprint density at radius 1 is 1.29 bits per heavy atom. The zero-order valence-corrected chi connectivity index (χ0v) is 13.6. The molecule has 1 saturated heterocycles. The maximum absolute atomic E-state index is 9.48. The molecule has 1 heterocycles. The van der Waals surface area contributed by atoms with Gasteiger partial charge in [0.05, 0.1) is 6.10 Å². The highest BCUT2D eigenvalue weighted by atomic mass is 16.5. The molecule has 6 nitrogen and oxygen atoms in total. The van der Waals surface area contributed by atoms with Crippen molar-refractivity contribution in [2.75, 3.05) is 53.0 Å². The molecular weight excluding hydrogens is 268 g/mol. The number of nitrogens with zero attached hydrogens (tertiary/aromatic N) is 2. The molecule has 0 atom stereocenters. The van der Waals surface area contributed by atoms with E-state index in [1.165, 1.54) is 0 Å². The SMILES string of the molecule is CCNC(=NCCCOC)NCCCN1CCC(O)CC1. The summed E-state index contributed by atoms with van der Waals surface area (Å²) in [6.45, 7) is 8.54. The van der Waals surface area contributed by atoms with Gasteiger partial charge in [-0.05, 0) is 39.2 Å². The molecule has 0 aromatic heterocycles. The van der Waals surface area contributed by atoms with Gasteiger partial charge < -0.3 is 25.4 Å². The van der Waals surface area contributed by atoms with Crippen LogP contribution in [0, 0.1) is 0 Å². The summed E-state index contributed by atoms with van der Waals surface area (Å²) in [5.74, 6) is 0.891. The number of nitrogens with one attached hydrogen (secondary N) is 2. The zero-order chi connectivity index (χ0) is 15.3. The van der Waals surface area contributed by atoms with Crippen LogP contribution in [0.15, 0.2) is 4.99 Å². The minimum atomic E-state index is -0.0843. The third-order valence-corrected chi connectivity index (χ3v) is 3.62. The molecular formula is C15H32N4O2. The van der Waals surface area contributed by atoms with E-state index in [9.17, 15) is 5.11 Å². The van der Waals surface area contributed by atoms with Gasteiger partial charge in [-0.2, -0.15) is 0 Å². The van der Waals surface area contributed by atoms with Gasteiger partial charge in [-0.15, -0.1) is 0 Å². The molecule has 0 aromatic carbocycles. The molecule has 6 heteroatoms. The van der Waals surface area contributed by atoms with Gasteiger partial charge in [0.1, 0.15) is 0 Å². The van der Waals surface area contributed by atoms with Crippen molar-refractivity contribution in [3.05, 3.63) is 0 Å². The molecule has 1 aliphatic heterocycles. The summed E-state index contributed by atoms with van der Waals surface area (Å²) in [6.07, 6.45) is 3.79. The van der Waals surface area contributed by atoms with E-state index in [-0.39, 0.29) is 6.10 Å². The van der Waals surface area contributed by atoms with Gasteiger partial charge in [0.25, 0.3) is 0 Å². The summed E-state index contributed by atoms with van der Waals surface area (Å²) in [6, 6.07) is 0. The van der Waals surface area contributed by atoms with E-state index in [0.29, 0.717) is 0 Å². The Morgan fingerprint density at radius 3 is 2.71 bits per heavy atom. The first-order valence-corrected chi connectivity index (χ1v) is 8.17. The maximum Gasteiger partial charge on any atom is 0.191 e. The minimum Gasteiger partial charge on any atom is -0.393 e. The van der Waals surface area contributed by atoms with Crippen LogP contribution in [0.5, 0.6) is 0 Å². The number of piperidine rings is 1. The second-order valence-electron chi connectivity index (χ2n) is 5.46. The fourth-order valence-electron chi connectivity index (χ4n) is 2.39. The molecule has 0 spiro atoms. The van der Waals surface area contributed by atoms with Crippen molar-refractivity contribution in [1.82, 2.24) is 15.5 Å². The highest BCUT2D eigenvalue weighted by molar-refractivity contribution is 5.79. The van der Waals surface area contributed by atoms with Crippen LogP contribution in [-0.4, -0.2) is 75.1 Å². The molecule has 0 amide bonds. The summed E-state index contributed by atoms with van der Waals surface area (Å²) in [5, 5.41) is 16.1. The lowest BCUT2D eigenvalue weighted by molar-refractivity contribution is 0.0823. The molecule has 0 aromatic rings. The number of methoxy groups -OCH3 is 1. The summed E-state index contributed by atoms with van der Waals surface area (Å²) in [4.78, 5) is 6.94. The van der Waals surface area contributed by atoms with Crippen LogP contribution in [0.3, 0.4) is 0 Å². The van der Waals surface area contributed by atoms with Crippen molar-refractivity contribution < 1.29 is 9.84 Å². The van der Waals surface area contributed by atoms with E-state index >= 15 is 0 Å². The molecule has 0 bridgehead atoms. The van der Waals surface area contributed by atoms with Crippen LogP contribution in [0.25, 0.3) is 0 Å². The molecule has 3 N–H and O–H groups in total. The number of hydrogen-bond acceptors (Lipinski definition) is 4. The Kier molecular flexibility index (Phi) is 10.2. The Bertz CT molecular complexity index is 279. The summed E-state index contributed by atoms with van der Waals surface area (Å²) >= 11 is 0. The second kappa shape index (κ2) is 11.8. The molecule has 1 rings (SSSR count). The topological polar surface area (TPSA) is 69.1 Å². The summed E-state index contributed by atoms with van der Waals surface area (Å²) < 4.78 is 5.02. The third-order valence-electron chi connectivity index (χ3n) is 3.62. The lowest BCUT2D eigenvalue weighted by Gasteiger charge is -2.29. The van der Waals surface area contributed by atoms with E-state index < -0.39 is 0 Å². The molecule has 1 aliphatic rings. The van der Waals surface area contributed by atoms with Gasteiger partial charge in [-0.3, -0.25) is 4.99 Å². The van der Waals surface area contributed by atoms with E-state index in [0.717, 1.165) is 77.5 Å². The fourth-order valence-corrected chi connectivity index (χ4v) is 2.39. The van der Waals surface area contributed by atoms with Crippen LogP contribution in [0.2, 0.25) is 0 Å². The van der Waals surface area contributed by atoms with Crippen LogP contribution >= 0.6 is 0 Å². The average Bonchev–Trinajstić information content (AvgIpc) is 2.49. The standard InChI is InChI=1S/C15H32N4O2/c1-3-16-15(18-9-5-13-21-2)17-8-4-10-19-11-6-14(20)7-12-19/h14,20H,3-13H2,1-2H3,(H2,16,17,18). The predicted molar refractivity (Wildman–Crippen MR) is 86.8 cm³/mol. The van der Waals surface area contributed by atoms with Crippen LogP contribution < -0.4 is 10.6 Å². The van der Waals surface area contributed by atoms with Crippen molar-refractivity contribution in [3.8, 4) is 0 Å². The number of hydrogen-bond donors (Lipinski definition) is 3. The highest BCUT2D eigenvalue weighted by Crippen LogP contribution is 2.09. The van der Waals surface area contributed by atoms with Crippen molar-refractivity contribution in [1.29, 1.82) is 0 Å². The third kappa shape index (κ3) is 8.90. The van der Waals surface area contributed by atoms with Crippen molar-refractivity contribution >= 4 is 5.96 Å². The molecule has 0 saturated carbocycles. The highest BCUT2D eigenvalue weighted by Gasteiger charge is 2.15. The fraction of sp³-hybridized carbons (Fsp3) is 0.933. The number of likely N-dealkylation sites (tertiary alicyclic amines) is 1. The zero-order valence-electron chi connectivity index (χ0n) is 13.6. The van der Waals surface area contributed by atoms with Gasteiger partial charge in [-0.25, -0.2) is 0 Å². The number of aliphatic hydroxyl groups is 1. The smallest absolute Gasteiger partial charge is 0.191 e. The van der Waals surface area contributed by atoms with Gasteiger partial charge in [0, 0.05) is 46.4 Å². The summed E-state index contributed by atoms with van der Waals surface area (Å²) in [7, 11) is 1.72. The minimum absolute atomic E-state index is 0.0843. The molecule has 0 aliphatic carbocycles. The molecule has 1 fully saturated rings. The van der Waals surface area contributed by atoms with Crippen LogP contribution in [0.4, 0.5) is 0 Å². The second-order valence-corrected chi connectivity index (χ2v) is 5.46. The monoisotopic (exact) mass is 300 g/mol. The molecule has 21 heavy (non-hydrogen) atoms. The van der Waals surface area contributed by atoms with Gasteiger partial charge in [0.15, 0.2) is 5.96 Å². The lowest BCUT2D eigenvalue weighted by Crippen LogP contribution is -2.40. The first-order chi connectivity index (χ1) is 10.3.